The number of ketones is 1. The lowest BCUT2D eigenvalue weighted by Crippen LogP contribution is -2.78. The summed E-state index contributed by atoms with van der Waals surface area (Å²) in [5.41, 5.74) is -6.51. The largest absolute Gasteiger partial charge is 0.458 e. The standard InChI is InChI=1S/C48H53NO13/c1-26-33(60-44(57)37(53)36(29-16-10-7-11-17-29)49-42(55)30-18-12-8-13-19-30)25-48(58)41(61-43(56)31-20-14-9-15-21-31)39-46(6,34(52)24-32-22-23-47(32,39)62-28(3)51)40(54)38(59-27(2)50)35(26)45(48,4)5/h7-21,32-34,36-39,41,52-53,58H,22-25H2,1-6H3,(H,49,55)/t32-,33+,34+,36+,37-,38-,39?,41+,46-,47+,48-/m0/s1. The SMILES string of the molecule is CC(=O)O[C@@H]1C(=O)[C@]2(C)C([C@@H](OC(=O)c3ccccc3)[C@@]3(O)C[C@@H](OC(=O)[C@@H](O)[C@H](NC(=O)c4ccccc4)c4ccccc4)C(C)=C1C3(C)C)[C@@]1(OC(C)=O)CC[C@H]1C[C@H]2O. The molecule has 2 bridgehead atoms. The van der Waals surface area contributed by atoms with Crippen LogP contribution in [-0.2, 0) is 38.1 Å². The van der Waals surface area contributed by atoms with Crippen molar-refractivity contribution in [2.45, 2.75) is 115 Å². The zero-order valence-electron chi connectivity index (χ0n) is 35.5. The summed E-state index contributed by atoms with van der Waals surface area (Å²) in [6, 6.07) is 23.1. The molecule has 0 aliphatic heterocycles. The van der Waals surface area contributed by atoms with Gasteiger partial charge < -0.3 is 39.6 Å². The third-order valence-corrected chi connectivity index (χ3v) is 14.1. The molecule has 3 saturated carbocycles. The van der Waals surface area contributed by atoms with Crippen LogP contribution in [0.2, 0.25) is 0 Å². The van der Waals surface area contributed by atoms with Crippen LogP contribution in [0.25, 0.3) is 0 Å². The van der Waals surface area contributed by atoms with Gasteiger partial charge in [0.2, 0.25) is 0 Å². The molecule has 4 aliphatic rings. The second-order valence-corrected chi connectivity index (χ2v) is 17.8. The molecule has 0 radical (unpaired) electrons. The second kappa shape index (κ2) is 16.5. The zero-order chi connectivity index (χ0) is 44.9. The molecule has 62 heavy (non-hydrogen) atoms. The van der Waals surface area contributed by atoms with Crippen LogP contribution < -0.4 is 5.32 Å². The van der Waals surface area contributed by atoms with Gasteiger partial charge in [-0.15, -0.1) is 0 Å². The number of rotatable bonds is 10. The van der Waals surface area contributed by atoms with Crippen molar-refractivity contribution in [1.29, 1.82) is 0 Å². The van der Waals surface area contributed by atoms with Crippen molar-refractivity contribution in [1.82, 2.24) is 5.32 Å². The van der Waals surface area contributed by atoms with E-state index < -0.39 is 112 Å². The predicted molar refractivity (Wildman–Crippen MR) is 221 cm³/mol. The molecule has 4 N–H and O–H groups in total. The Labute approximate surface area is 359 Å². The van der Waals surface area contributed by atoms with Crippen LogP contribution in [0.1, 0.15) is 99.5 Å². The van der Waals surface area contributed by atoms with Gasteiger partial charge in [-0.3, -0.25) is 19.2 Å². The molecule has 14 heteroatoms. The number of amides is 1. The molecule has 7 rings (SSSR count). The lowest BCUT2D eigenvalue weighted by molar-refractivity contribution is -0.296. The third kappa shape index (κ3) is 7.31. The Balaban J connectivity index is 1.39. The van der Waals surface area contributed by atoms with Crippen molar-refractivity contribution >= 4 is 35.6 Å². The van der Waals surface area contributed by atoms with E-state index in [2.05, 4.69) is 5.32 Å². The molecule has 3 fully saturated rings. The molecule has 0 saturated heterocycles. The number of fused-ring (bicyclic) bond motifs is 5. The summed E-state index contributed by atoms with van der Waals surface area (Å²) in [6.45, 7) is 8.50. The lowest BCUT2D eigenvalue weighted by Gasteiger charge is -2.68. The first-order valence-corrected chi connectivity index (χ1v) is 20.9. The van der Waals surface area contributed by atoms with Crippen molar-refractivity contribution in [3.63, 3.8) is 0 Å². The highest BCUT2D eigenvalue weighted by atomic mass is 16.6. The van der Waals surface area contributed by atoms with Crippen LogP contribution in [-0.4, -0.2) is 92.6 Å². The molecule has 4 aliphatic carbocycles. The summed E-state index contributed by atoms with van der Waals surface area (Å²) in [6.07, 6.45) is -8.27. The summed E-state index contributed by atoms with van der Waals surface area (Å²) >= 11 is 0. The summed E-state index contributed by atoms with van der Waals surface area (Å²) < 4.78 is 24.6. The van der Waals surface area contributed by atoms with Crippen molar-refractivity contribution in [2.75, 3.05) is 0 Å². The van der Waals surface area contributed by atoms with E-state index in [0.29, 0.717) is 12.0 Å². The number of ether oxygens (including phenoxy) is 4. The lowest BCUT2D eigenvalue weighted by atomic mass is 9.41. The van der Waals surface area contributed by atoms with Crippen LogP contribution in [0.3, 0.4) is 0 Å². The first kappa shape index (κ1) is 44.4. The monoisotopic (exact) mass is 851 g/mol. The topological polar surface area (TPSA) is 212 Å². The molecule has 14 nitrogen and oxygen atoms in total. The summed E-state index contributed by atoms with van der Waals surface area (Å²) in [4.78, 5) is 83.6. The van der Waals surface area contributed by atoms with Gasteiger partial charge in [0.1, 0.15) is 23.4 Å². The molecule has 3 aromatic rings. The molecule has 1 unspecified atom stereocenters. The van der Waals surface area contributed by atoms with E-state index in [1.54, 1.807) is 99.6 Å². The highest BCUT2D eigenvalue weighted by Gasteiger charge is 2.77. The second-order valence-electron chi connectivity index (χ2n) is 17.8. The summed E-state index contributed by atoms with van der Waals surface area (Å²) in [7, 11) is 0. The van der Waals surface area contributed by atoms with E-state index in [0.717, 1.165) is 6.92 Å². The number of hydrogen-bond acceptors (Lipinski definition) is 13. The van der Waals surface area contributed by atoms with Crippen molar-refractivity contribution in [2.24, 2.45) is 22.7 Å². The fourth-order valence-corrected chi connectivity index (χ4v) is 10.7. The van der Waals surface area contributed by atoms with Crippen LogP contribution in [0, 0.1) is 22.7 Å². The molecule has 0 aromatic heterocycles. The zero-order valence-corrected chi connectivity index (χ0v) is 35.5. The number of carbonyl (C=O) groups excluding carboxylic acids is 6. The van der Waals surface area contributed by atoms with E-state index in [-0.39, 0.29) is 35.1 Å². The first-order valence-electron chi connectivity index (χ1n) is 20.9. The van der Waals surface area contributed by atoms with Crippen LogP contribution in [0.5, 0.6) is 0 Å². The minimum absolute atomic E-state index is 0.0134. The molecule has 0 heterocycles. The van der Waals surface area contributed by atoms with Crippen molar-refractivity contribution in [3.05, 3.63) is 119 Å². The van der Waals surface area contributed by atoms with Gasteiger partial charge in [-0.25, -0.2) is 9.59 Å². The fourth-order valence-electron chi connectivity index (χ4n) is 10.7. The Hall–Kier alpha value is -5.70. The Morgan fingerprint density at radius 2 is 1.39 bits per heavy atom. The van der Waals surface area contributed by atoms with Gasteiger partial charge >= 0.3 is 23.9 Å². The van der Waals surface area contributed by atoms with E-state index >= 15 is 4.79 Å². The van der Waals surface area contributed by atoms with E-state index in [1.165, 1.54) is 26.0 Å². The quantitative estimate of drug-likeness (QED) is 0.123. The first-order chi connectivity index (χ1) is 29.3. The highest BCUT2D eigenvalue weighted by Crippen LogP contribution is 2.67. The van der Waals surface area contributed by atoms with Gasteiger partial charge in [0.15, 0.2) is 18.0 Å². The number of carbonyl (C=O) groups is 6. The Morgan fingerprint density at radius 3 is 1.94 bits per heavy atom. The number of hydrogen-bond donors (Lipinski definition) is 4. The summed E-state index contributed by atoms with van der Waals surface area (Å²) in [5.74, 6) is -7.00. The van der Waals surface area contributed by atoms with Gasteiger partial charge in [-0.1, -0.05) is 80.6 Å². The number of benzene rings is 3. The van der Waals surface area contributed by atoms with Crippen LogP contribution in [0.15, 0.2) is 102 Å². The van der Waals surface area contributed by atoms with Crippen LogP contribution in [0.4, 0.5) is 0 Å². The minimum Gasteiger partial charge on any atom is -0.458 e. The number of Topliss-reactive ketones (excluding diaryl/α,β-unsaturated/α-hetero) is 1. The molecular formula is C48H53NO13. The van der Waals surface area contributed by atoms with Gasteiger partial charge in [-0.2, -0.15) is 0 Å². The number of aliphatic hydroxyl groups excluding tert-OH is 2. The van der Waals surface area contributed by atoms with E-state index in [1.807, 2.05) is 0 Å². The molecule has 1 amide bonds. The van der Waals surface area contributed by atoms with E-state index in [9.17, 15) is 39.3 Å². The fraction of sp³-hybridized carbons (Fsp3) is 0.458. The average molecular weight is 852 g/mol. The molecule has 0 spiro atoms. The van der Waals surface area contributed by atoms with E-state index in [4.69, 9.17) is 18.9 Å². The molecule has 3 aromatic carbocycles. The third-order valence-electron chi connectivity index (χ3n) is 14.1. The van der Waals surface area contributed by atoms with Crippen LogP contribution >= 0.6 is 0 Å². The highest BCUT2D eigenvalue weighted by molar-refractivity contribution is 5.96. The normalized spacial score (nSPS) is 31.9. The molecule has 328 valence electrons. The van der Waals surface area contributed by atoms with Crippen molar-refractivity contribution in [3.8, 4) is 0 Å². The summed E-state index contributed by atoms with van der Waals surface area (Å²) in [5, 5.41) is 40.4. The maximum atomic E-state index is 15.5. The van der Waals surface area contributed by atoms with Gasteiger partial charge in [0.05, 0.1) is 29.0 Å². The predicted octanol–water partition coefficient (Wildman–Crippen LogP) is 4.75. The van der Waals surface area contributed by atoms with Gasteiger partial charge in [-0.05, 0) is 74.1 Å². The Bertz CT molecular complexity index is 2280. The van der Waals surface area contributed by atoms with Crippen molar-refractivity contribution < 1.29 is 63.0 Å². The van der Waals surface area contributed by atoms with Gasteiger partial charge in [0, 0.05) is 37.2 Å². The Kier molecular flexibility index (Phi) is 11.8. The molecule has 11 atom stereocenters. The maximum absolute atomic E-state index is 15.5. The maximum Gasteiger partial charge on any atom is 0.338 e. The Morgan fingerprint density at radius 1 is 0.806 bits per heavy atom. The number of esters is 4. The number of aliphatic hydroxyl groups is 3. The number of nitrogens with one attached hydrogen (secondary N) is 1. The molecular weight excluding hydrogens is 799 g/mol. The smallest absolute Gasteiger partial charge is 0.338 e. The van der Waals surface area contributed by atoms with Gasteiger partial charge in [0.25, 0.3) is 5.91 Å². The minimum atomic E-state index is -2.34. The average Bonchev–Trinajstić information content (AvgIpc) is 3.24.